The van der Waals surface area contributed by atoms with Crippen LogP contribution in [0.2, 0.25) is 5.02 Å². The first-order valence-electron chi connectivity index (χ1n) is 9.46. The number of aromatic nitrogens is 2. The predicted molar refractivity (Wildman–Crippen MR) is 117 cm³/mol. The lowest BCUT2D eigenvalue weighted by molar-refractivity contribution is -0.0543. The van der Waals surface area contributed by atoms with E-state index in [0.29, 0.717) is 9.79 Å². The zero-order valence-corrected chi connectivity index (χ0v) is 17.7. The number of benzene rings is 2. The lowest BCUT2D eigenvalue weighted by Gasteiger charge is -2.18. The molecular weight excluding hydrogens is 426 g/mol. The molecule has 30 heavy (non-hydrogen) atoms. The van der Waals surface area contributed by atoms with E-state index in [9.17, 15) is 15.3 Å². The number of rotatable bonds is 5. The van der Waals surface area contributed by atoms with Crippen LogP contribution in [0.1, 0.15) is 11.9 Å². The molecule has 4 N–H and O–H groups in total. The van der Waals surface area contributed by atoms with Gasteiger partial charge in [-0.25, -0.2) is 4.68 Å². The minimum Gasteiger partial charge on any atom is -0.394 e. The van der Waals surface area contributed by atoms with Gasteiger partial charge in [0.25, 0.3) is 0 Å². The van der Waals surface area contributed by atoms with E-state index in [1.165, 1.54) is 0 Å². The van der Waals surface area contributed by atoms with Gasteiger partial charge in [0.2, 0.25) is 4.77 Å². The standard InChI is InChI=1S/C21H22ClN3O4S/c1-12-17(13-5-3-2-4-6-13)25(23-15-9-7-14(22)8-10-15)21(30)24(12)20-19(28)18(27)16(11-26)29-20/h2-10,16,18-20,23,26-28H,11H2,1H3/t16-,18-,19-,20-/m1/s1. The Kier molecular flexibility index (Phi) is 5.97. The Morgan fingerprint density at radius 3 is 2.33 bits per heavy atom. The second-order valence-electron chi connectivity index (χ2n) is 7.14. The molecule has 9 heteroatoms. The second-order valence-corrected chi connectivity index (χ2v) is 7.94. The lowest BCUT2D eigenvalue weighted by atomic mass is 10.1. The lowest BCUT2D eigenvalue weighted by Crippen LogP contribution is -2.33. The van der Waals surface area contributed by atoms with E-state index in [0.717, 1.165) is 22.6 Å². The Bertz CT molecular complexity index is 1080. The molecule has 0 saturated carbocycles. The molecule has 1 aliphatic heterocycles. The molecule has 1 saturated heterocycles. The summed E-state index contributed by atoms with van der Waals surface area (Å²) in [5.74, 6) is 0. The molecule has 0 aliphatic carbocycles. The Morgan fingerprint density at radius 2 is 1.73 bits per heavy atom. The number of imidazole rings is 1. The first-order valence-corrected chi connectivity index (χ1v) is 10.2. The number of halogens is 1. The van der Waals surface area contributed by atoms with Crippen LogP contribution in [0.3, 0.4) is 0 Å². The summed E-state index contributed by atoms with van der Waals surface area (Å²) < 4.78 is 9.48. The van der Waals surface area contributed by atoms with E-state index in [1.807, 2.05) is 49.4 Å². The molecule has 7 nitrogen and oxygen atoms in total. The molecule has 1 aliphatic rings. The summed E-state index contributed by atoms with van der Waals surface area (Å²) in [4.78, 5) is 0. The molecule has 0 bridgehead atoms. The van der Waals surface area contributed by atoms with E-state index in [-0.39, 0.29) is 0 Å². The SMILES string of the molecule is Cc1c(-c2ccccc2)n(Nc2ccc(Cl)cc2)c(=S)n1[C@@H]1O[C@H](CO)[C@@H](O)[C@H]1O. The van der Waals surface area contributed by atoms with Gasteiger partial charge in [-0.05, 0) is 43.4 Å². The van der Waals surface area contributed by atoms with Crippen LogP contribution in [0, 0.1) is 11.7 Å². The molecule has 1 aromatic heterocycles. The van der Waals surface area contributed by atoms with Crippen molar-refractivity contribution in [2.24, 2.45) is 0 Å². The summed E-state index contributed by atoms with van der Waals surface area (Å²) >= 11 is 11.7. The monoisotopic (exact) mass is 447 g/mol. The molecule has 0 amide bonds. The van der Waals surface area contributed by atoms with Gasteiger partial charge >= 0.3 is 0 Å². The van der Waals surface area contributed by atoms with Crippen molar-refractivity contribution in [1.29, 1.82) is 0 Å². The molecule has 158 valence electrons. The van der Waals surface area contributed by atoms with Crippen LogP contribution in [-0.4, -0.2) is 49.5 Å². The van der Waals surface area contributed by atoms with Gasteiger partial charge < -0.3 is 20.1 Å². The van der Waals surface area contributed by atoms with E-state index in [2.05, 4.69) is 5.43 Å². The fourth-order valence-corrected chi connectivity index (χ4v) is 4.21. The van der Waals surface area contributed by atoms with Gasteiger partial charge in [-0.3, -0.25) is 9.99 Å². The highest BCUT2D eigenvalue weighted by atomic mass is 35.5. The number of nitrogens with one attached hydrogen (secondary N) is 1. The van der Waals surface area contributed by atoms with E-state index in [4.69, 9.17) is 28.6 Å². The van der Waals surface area contributed by atoms with E-state index >= 15 is 0 Å². The molecule has 4 atom stereocenters. The highest BCUT2D eigenvalue weighted by Crippen LogP contribution is 2.35. The summed E-state index contributed by atoms with van der Waals surface area (Å²) in [6.07, 6.45) is -4.27. The fraction of sp³-hybridized carbons (Fsp3) is 0.286. The molecule has 0 radical (unpaired) electrons. The number of aliphatic hydroxyl groups excluding tert-OH is 3. The van der Waals surface area contributed by atoms with Crippen LogP contribution in [0.5, 0.6) is 0 Å². The smallest absolute Gasteiger partial charge is 0.201 e. The van der Waals surface area contributed by atoms with Gasteiger partial charge in [0, 0.05) is 16.3 Å². The van der Waals surface area contributed by atoms with Crippen LogP contribution in [0.15, 0.2) is 54.6 Å². The number of ether oxygens (including phenoxy) is 1. The van der Waals surface area contributed by atoms with E-state index in [1.54, 1.807) is 21.4 Å². The average Bonchev–Trinajstić information content (AvgIpc) is 3.17. The Balaban J connectivity index is 1.86. The topological polar surface area (TPSA) is 91.8 Å². The third-order valence-corrected chi connectivity index (χ3v) is 5.86. The average molecular weight is 448 g/mol. The van der Waals surface area contributed by atoms with Gasteiger partial charge in [0.1, 0.15) is 18.3 Å². The van der Waals surface area contributed by atoms with Crippen molar-refractivity contribution in [1.82, 2.24) is 9.24 Å². The summed E-state index contributed by atoms with van der Waals surface area (Å²) in [5.41, 5.74) is 6.49. The summed E-state index contributed by atoms with van der Waals surface area (Å²) in [6, 6.07) is 16.9. The highest BCUT2D eigenvalue weighted by molar-refractivity contribution is 7.71. The minimum absolute atomic E-state index is 0.344. The van der Waals surface area contributed by atoms with Crippen molar-refractivity contribution >= 4 is 29.5 Å². The van der Waals surface area contributed by atoms with Gasteiger partial charge in [-0.2, -0.15) is 0 Å². The quantitative estimate of drug-likeness (QED) is 0.449. The number of aliphatic hydroxyl groups is 3. The molecule has 0 spiro atoms. The molecule has 3 aromatic rings. The van der Waals surface area contributed by atoms with E-state index < -0.39 is 31.1 Å². The van der Waals surface area contributed by atoms with Crippen molar-refractivity contribution in [2.75, 3.05) is 12.0 Å². The fourth-order valence-electron chi connectivity index (χ4n) is 3.71. The Morgan fingerprint density at radius 1 is 1.07 bits per heavy atom. The molecule has 4 rings (SSSR count). The highest BCUT2D eigenvalue weighted by Gasteiger charge is 2.44. The van der Waals surface area contributed by atoms with Crippen LogP contribution in [0.4, 0.5) is 5.69 Å². The van der Waals surface area contributed by atoms with Crippen molar-refractivity contribution in [3.05, 3.63) is 70.1 Å². The predicted octanol–water partition coefficient (Wildman–Crippen LogP) is 3.13. The van der Waals surface area contributed by atoms with Gasteiger partial charge in [0.15, 0.2) is 6.23 Å². The zero-order valence-electron chi connectivity index (χ0n) is 16.1. The van der Waals surface area contributed by atoms with Crippen molar-refractivity contribution in [3.8, 4) is 11.3 Å². The largest absolute Gasteiger partial charge is 0.394 e. The number of hydrogen-bond acceptors (Lipinski definition) is 6. The van der Waals surface area contributed by atoms with Crippen molar-refractivity contribution < 1.29 is 20.1 Å². The minimum atomic E-state index is -1.23. The van der Waals surface area contributed by atoms with Gasteiger partial charge in [0.05, 0.1) is 18.0 Å². The molecule has 1 fully saturated rings. The summed E-state index contributed by atoms with van der Waals surface area (Å²) in [7, 11) is 0. The van der Waals surface area contributed by atoms with Crippen LogP contribution >= 0.6 is 23.8 Å². The molecular formula is C21H22ClN3O4S. The maximum Gasteiger partial charge on any atom is 0.201 e. The third-order valence-electron chi connectivity index (χ3n) is 5.23. The Labute approximate surface area is 183 Å². The maximum absolute atomic E-state index is 10.6. The number of nitrogens with zero attached hydrogens (tertiary/aromatic N) is 2. The van der Waals surface area contributed by atoms with Gasteiger partial charge in [-0.15, -0.1) is 0 Å². The second kappa shape index (κ2) is 8.50. The third kappa shape index (κ3) is 3.66. The number of anilines is 1. The zero-order chi connectivity index (χ0) is 21.4. The molecule has 0 unspecified atom stereocenters. The summed E-state index contributed by atoms with van der Waals surface area (Å²) in [5, 5.41) is 30.8. The Hall–Kier alpha value is -2.20. The summed E-state index contributed by atoms with van der Waals surface area (Å²) in [6.45, 7) is 1.46. The molecule has 2 aromatic carbocycles. The maximum atomic E-state index is 10.6. The normalized spacial score (nSPS) is 23.6. The van der Waals surface area contributed by atoms with Crippen LogP contribution in [-0.2, 0) is 4.74 Å². The molecule has 2 heterocycles. The number of hydrogen-bond donors (Lipinski definition) is 4. The van der Waals surface area contributed by atoms with Gasteiger partial charge in [-0.1, -0.05) is 41.9 Å². The van der Waals surface area contributed by atoms with Crippen LogP contribution < -0.4 is 5.43 Å². The first-order chi connectivity index (χ1) is 14.4. The van der Waals surface area contributed by atoms with Crippen molar-refractivity contribution in [2.45, 2.75) is 31.5 Å². The first kappa shape index (κ1) is 21.0. The van der Waals surface area contributed by atoms with Crippen LogP contribution in [0.25, 0.3) is 11.3 Å². The van der Waals surface area contributed by atoms with Crippen molar-refractivity contribution in [3.63, 3.8) is 0 Å².